The van der Waals surface area contributed by atoms with E-state index in [4.69, 9.17) is 0 Å². The fraction of sp³-hybridized carbons (Fsp3) is 0.231. The zero-order valence-corrected chi connectivity index (χ0v) is 10.4. The van der Waals surface area contributed by atoms with Crippen LogP contribution >= 0.6 is 0 Å². The van der Waals surface area contributed by atoms with Gasteiger partial charge in [0, 0.05) is 26.5 Å². The first kappa shape index (κ1) is 12.2. The van der Waals surface area contributed by atoms with E-state index in [2.05, 4.69) is 4.98 Å². The van der Waals surface area contributed by atoms with Crippen LogP contribution in [0.4, 0.5) is 0 Å². The van der Waals surface area contributed by atoms with Crippen molar-refractivity contribution in [1.82, 2.24) is 14.5 Å². The Morgan fingerprint density at radius 1 is 1.44 bits per heavy atom. The molecule has 0 atom stereocenters. The quantitative estimate of drug-likeness (QED) is 0.889. The maximum atomic E-state index is 12.1. The van der Waals surface area contributed by atoms with Gasteiger partial charge in [-0.1, -0.05) is 12.1 Å². The van der Waals surface area contributed by atoms with Crippen LogP contribution in [0.1, 0.15) is 16.2 Å². The minimum Gasteiger partial charge on any atom is -0.507 e. The number of para-hydroxylation sites is 1. The molecule has 1 N–H and O–H groups in total. The number of aryl methyl sites for hydroxylation is 1. The largest absolute Gasteiger partial charge is 0.507 e. The molecule has 0 spiro atoms. The fourth-order valence-corrected chi connectivity index (χ4v) is 1.69. The van der Waals surface area contributed by atoms with Crippen LogP contribution in [0.15, 0.2) is 36.7 Å². The van der Waals surface area contributed by atoms with Gasteiger partial charge in [-0.15, -0.1) is 0 Å². The van der Waals surface area contributed by atoms with E-state index >= 15 is 0 Å². The van der Waals surface area contributed by atoms with E-state index in [1.807, 2.05) is 17.8 Å². The standard InChI is InChI=1S/C13H15N3O2/c1-15-8-7-14-12(15)9-16(2)13(18)10-5-3-4-6-11(10)17/h3-8,17H,9H2,1-2H3. The molecule has 0 saturated heterocycles. The van der Waals surface area contributed by atoms with Gasteiger partial charge in [-0.05, 0) is 12.1 Å². The van der Waals surface area contributed by atoms with Crippen molar-refractivity contribution in [2.75, 3.05) is 7.05 Å². The summed E-state index contributed by atoms with van der Waals surface area (Å²) >= 11 is 0. The van der Waals surface area contributed by atoms with E-state index in [-0.39, 0.29) is 11.7 Å². The third-order valence-corrected chi connectivity index (χ3v) is 2.78. The lowest BCUT2D eigenvalue weighted by Crippen LogP contribution is -2.27. The Hall–Kier alpha value is -2.30. The number of nitrogens with zero attached hydrogens (tertiary/aromatic N) is 3. The summed E-state index contributed by atoms with van der Waals surface area (Å²) in [7, 11) is 3.56. The predicted molar refractivity (Wildman–Crippen MR) is 67.1 cm³/mol. The van der Waals surface area contributed by atoms with E-state index in [0.29, 0.717) is 12.1 Å². The minimum absolute atomic E-state index is 0.00538. The summed E-state index contributed by atoms with van der Waals surface area (Å²) in [6, 6.07) is 6.51. The van der Waals surface area contributed by atoms with Gasteiger partial charge in [0.1, 0.15) is 11.6 Å². The van der Waals surface area contributed by atoms with Gasteiger partial charge < -0.3 is 14.6 Å². The van der Waals surface area contributed by atoms with Crippen LogP contribution in [0.25, 0.3) is 0 Å². The van der Waals surface area contributed by atoms with Crippen molar-refractivity contribution in [1.29, 1.82) is 0 Å². The van der Waals surface area contributed by atoms with Crippen molar-refractivity contribution >= 4 is 5.91 Å². The van der Waals surface area contributed by atoms with Crippen LogP contribution in [0, 0.1) is 0 Å². The molecular formula is C13H15N3O2. The molecule has 1 heterocycles. The summed E-state index contributed by atoms with van der Waals surface area (Å²) in [5.74, 6) is 0.562. The number of imidazole rings is 1. The molecule has 1 aromatic carbocycles. The van der Waals surface area contributed by atoms with E-state index in [1.54, 1.807) is 31.4 Å². The number of hydrogen-bond donors (Lipinski definition) is 1. The number of hydrogen-bond acceptors (Lipinski definition) is 3. The topological polar surface area (TPSA) is 58.4 Å². The second kappa shape index (κ2) is 4.91. The van der Waals surface area contributed by atoms with E-state index < -0.39 is 0 Å². The number of carbonyl (C=O) groups excluding carboxylic acids is 1. The molecule has 5 heteroatoms. The molecule has 18 heavy (non-hydrogen) atoms. The van der Waals surface area contributed by atoms with Crippen molar-refractivity contribution < 1.29 is 9.90 Å². The van der Waals surface area contributed by atoms with Gasteiger partial charge in [-0.3, -0.25) is 4.79 Å². The summed E-state index contributed by atoms with van der Waals surface area (Å²) < 4.78 is 1.86. The molecule has 0 aliphatic carbocycles. The van der Waals surface area contributed by atoms with Crippen molar-refractivity contribution in [3.05, 3.63) is 48.0 Å². The lowest BCUT2D eigenvalue weighted by molar-refractivity contribution is 0.0777. The van der Waals surface area contributed by atoms with Crippen LogP contribution in [-0.4, -0.2) is 32.5 Å². The Morgan fingerprint density at radius 3 is 2.78 bits per heavy atom. The Kier molecular flexibility index (Phi) is 3.32. The molecule has 1 aromatic heterocycles. The molecule has 94 valence electrons. The summed E-state index contributed by atoms with van der Waals surface area (Å²) in [6.07, 6.45) is 3.52. The van der Waals surface area contributed by atoms with Crippen LogP contribution in [0.3, 0.4) is 0 Å². The highest BCUT2D eigenvalue weighted by molar-refractivity contribution is 5.96. The van der Waals surface area contributed by atoms with Crippen molar-refractivity contribution in [3.63, 3.8) is 0 Å². The molecular weight excluding hydrogens is 230 g/mol. The molecule has 2 aromatic rings. The lowest BCUT2D eigenvalue weighted by atomic mass is 10.2. The number of rotatable bonds is 3. The molecule has 0 radical (unpaired) electrons. The molecule has 0 bridgehead atoms. The normalized spacial score (nSPS) is 10.3. The smallest absolute Gasteiger partial charge is 0.257 e. The maximum absolute atomic E-state index is 12.1. The molecule has 2 rings (SSSR count). The Balaban J connectivity index is 2.15. The highest BCUT2D eigenvalue weighted by atomic mass is 16.3. The molecule has 0 aliphatic heterocycles. The number of phenolic OH excluding ortho intramolecular Hbond substituents is 1. The first-order valence-electron chi connectivity index (χ1n) is 5.59. The Labute approximate surface area is 105 Å². The third-order valence-electron chi connectivity index (χ3n) is 2.78. The van der Waals surface area contributed by atoms with E-state index in [9.17, 15) is 9.90 Å². The van der Waals surface area contributed by atoms with Gasteiger partial charge in [0.05, 0.1) is 12.1 Å². The monoisotopic (exact) mass is 245 g/mol. The maximum Gasteiger partial charge on any atom is 0.257 e. The first-order chi connectivity index (χ1) is 8.59. The fourth-order valence-electron chi connectivity index (χ4n) is 1.69. The summed E-state index contributed by atoms with van der Waals surface area (Å²) in [4.78, 5) is 17.8. The number of amides is 1. The SMILES string of the molecule is CN(Cc1nccn1C)C(=O)c1ccccc1O. The molecule has 5 nitrogen and oxygen atoms in total. The van der Waals surface area contributed by atoms with Crippen molar-refractivity contribution in [3.8, 4) is 5.75 Å². The second-order valence-electron chi connectivity index (χ2n) is 4.13. The lowest BCUT2D eigenvalue weighted by Gasteiger charge is -2.17. The van der Waals surface area contributed by atoms with Gasteiger partial charge in [-0.2, -0.15) is 0 Å². The van der Waals surface area contributed by atoms with Gasteiger partial charge in [-0.25, -0.2) is 4.98 Å². The summed E-state index contributed by atoms with van der Waals surface area (Å²) in [6.45, 7) is 0.399. The van der Waals surface area contributed by atoms with Gasteiger partial charge >= 0.3 is 0 Å². The van der Waals surface area contributed by atoms with Crippen LogP contribution in [0.5, 0.6) is 5.75 Å². The average Bonchev–Trinajstić information content (AvgIpc) is 2.75. The van der Waals surface area contributed by atoms with E-state index in [0.717, 1.165) is 5.82 Å². The van der Waals surface area contributed by atoms with Crippen LogP contribution < -0.4 is 0 Å². The average molecular weight is 245 g/mol. The predicted octanol–water partition coefficient (Wildman–Crippen LogP) is 1.40. The van der Waals surface area contributed by atoms with Gasteiger partial charge in [0.15, 0.2) is 0 Å². The Bertz CT molecular complexity index is 563. The molecule has 1 amide bonds. The summed E-state index contributed by atoms with van der Waals surface area (Å²) in [5.41, 5.74) is 0.300. The number of aromatic nitrogens is 2. The Morgan fingerprint density at radius 2 is 2.17 bits per heavy atom. The van der Waals surface area contributed by atoms with E-state index in [1.165, 1.54) is 11.0 Å². The highest BCUT2D eigenvalue weighted by Crippen LogP contribution is 2.17. The van der Waals surface area contributed by atoms with Crippen LogP contribution in [0.2, 0.25) is 0 Å². The summed E-state index contributed by atoms with van der Waals surface area (Å²) in [5, 5.41) is 9.64. The molecule has 0 fully saturated rings. The number of benzene rings is 1. The van der Waals surface area contributed by atoms with Crippen molar-refractivity contribution in [2.45, 2.75) is 6.54 Å². The second-order valence-corrected chi connectivity index (χ2v) is 4.13. The van der Waals surface area contributed by atoms with Crippen molar-refractivity contribution in [2.24, 2.45) is 7.05 Å². The van der Waals surface area contributed by atoms with Gasteiger partial charge in [0.25, 0.3) is 5.91 Å². The first-order valence-corrected chi connectivity index (χ1v) is 5.59. The number of carbonyl (C=O) groups is 1. The number of phenols is 1. The molecule has 0 saturated carbocycles. The zero-order chi connectivity index (χ0) is 13.1. The minimum atomic E-state index is -0.226. The van der Waals surface area contributed by atoms with Gasteiger partial charge in [0.2, 0.25) is 0 Å². The molecule has 0 unspecified atom stereocenters. The highest BCUT2D eigenvalue weighted by Gasteiger charge is 2.16. The van der Waals surface area contributed by atoms with Crippen LogP contribution in [-0.2, 0) is 13.6 Å². The zero-order valence-electron chi connectivity index (χ0n) is 10.4. The third kappa shape index (κ3) is 2.34. The number of aromatic hydroxyl groups is 1. The molecule has 0 aliphatic rings.